The van der Waals surface area contributed by atoms with E-state index in [1.807, 2.05) is 66.4 Å². The number of fused-ring (bicyclic) bond motifs is 4. The van der Waals surface area contributed by atoms with Crippen molar-refractivity contribution in [2.45, 2.75) is 56.3 Å². The van der Waals surface area contributed by atoms with Crippen LogP contribution in [0.3, 0.4) is 0 Å². The maximum absolute atomic E-state index is 13.8. The van der Waals surface area contributed by atoms with Crippen molar-refractivity contribution < 1.29 is 24.2 Å². The molecule has 0 unspecified atom stereocenters. The van der Waals surface area contributed by atoms with Gasteiger partial charge in [-0.2, -0.15) is 0 Å². The summed E-state index contributed by atoms with van der Waals surface area (Å²) in [5.74, 6) is -0.156. The van der Waals surface area contributed by atoms with Crippen LogP contribution in [0, 0.1) is 5.92 Å². The number of ether oxygens (including phenoxy) is 2. The monoisotopic (exact) mass is 486 g/mol. The summed E-state index contributed by atoms with van der Waals surface area (Å²) in [5.41, 5.74) is 1.36. The van der Waals surface area contributed by atoms with Crippen molar-refractivity contribution in [2.75, 3.05) is 13.2 Å². The second kappa shape index (κ2) is 8.59. The Hall–Kier alpha value is -3.45. The van der Waals surface area contributed by atoms with Crippen molar-refractivity contribution in [3.63, 3.8) is 0 Å². The molecule has 4 heterocycles. The van der Waals surface area contributed by atoms with Gasteiger partial charge in [-0.25, -0.2) is 0 Å². The Morgan fingerprint density at radius 1 is 1.17 bits per heavy atom. The minimum Gasteiger partial charge on any atom is -0.487 e. The Labute approximate surface area is 210 Å². The van der Waals surface area contributed by atoms with Crippen LogP contribution in [0.5, 0.6) is 5.75 Å². The third-order valence-corrected chi connectivity index (χ3v) is 8.38. The Kier molecular flexibility index (Phi) is 5.48. The lowest BCUT2D eigenvalue weighted by molar-refractivity contribution is -0.169. The van der Waals surface area contributed by atoms with E-state index < -0.39 is 17.1 Å². The van der Waals surface area contributed by atoms with Gasteiger partial charge in [0, 0.05) is 41.6 Å². The van der Waals surface area contributed by atoms with E-state index in [1.54, 1.807) is 6.20 Å². The number of carboxylic acid groups (broad SMARTS) is 1. The van der Waals surface area contributed by atoms with Gasteiger partial charge in [0.05, 0.1) is 23.8 Å². The number of rotatable bonds is 4. The van der Waals surface area contributed by atoms with Gasteiger partial charge in [-0.3, -0.25) is 14.6 Å². The Balaban J connectivity index is 1.34. The minimum atomic E-state index is -0.842. The van der Waals surface area contributed by atoms with Crippen LogP contribution in [-0.4, -0.2) is 51.2 Å². The first-order valence-electron chi connectivity index (χ1n) is 12.7. The van der Waals surface area contributed by atoms with Gasteiger partial charge in [0.15, 0.2) is 0 Å². The van der Waals surface area contributed by atoms with Gasteiger partial charge in [0.2, 0.25) is 0 Å². The number of amides is 1. The van der Waals surface area contributed by atoms with Crippen molar-refractivity contribution in [1.82, 2.24) is 9.88 Å². The summed E-state index contributed by atoms with van der Waals surface area (Å²) in [5, 5.41) is 10.4. The van der Waals surface area contributed by atoms with Gasteiger partial charge in [0.25, 0.3) is 5.91 Å². The first-order chi connectivity index (χ1) is 17.4. The smallest absolute Gasteiger partial charge is 0.303 e. The lowest BCUT2D eigenvalue weighted by atomic mass is 9.68. The molecule has 1 spiro atoms. The van der Waals surface area contributed by atoms with Crippen molar-refractivity contribution in [3.8, 4) is 5.75 Å². The predicted octanol–water partition coefficient (Wildman–Crippen LogP) is 5.00. The molecule has 0 radical (unpaired) electrons. The average molecular weight is 487 g/mol. The highest BCUT2D eigenvalue weighted by Crippen LogP contribution is 2.55. The summed E-state index contributed by atoms with van der Waals surface area (Å²) in [7, 11) is 0. The third-order valence-electron chi connectivity index (χ3n) is 8.38. The summed E-state index contributed by atoms with van der Waals surface area (Å²) in [6.07, 6.45) is 4.43. The molecule has 2 aromatic carbocycles. The summed E-state index contributed by atoms with van der Waals surface area (Å²) >= 11 is 0. The van der Waals surface area contributed by atoms with Crippen molar-refractivity contribution in [1.29, 1.82) is 0 Å². The van der Waals surface area contributed by atoms with Gasteiger partial charge in [-0.15, -0.1) is 0 Å². The van der Waals surface area contributed by atoms with E-state index in [0.29, 0.717) is 31.6 Å². The van der Waals surface area contributed by atoms with Gasteiger partial charge < -0.3 is 19.5 Å². The van der Waals surface area contributed by atoms with Crippen molar-refractivity contribution in [3.05, 3.63) is 71.9 Å². The summed E-state index contributed by atoms with van der Waals surface area (Å²) in [6.45, 7) is 3.13. The molecule has 36 heavy (non-hydrogen) atoms. The molecular weight excluding hydrogens is 456 g/mol. The SMILES string of the molecule is C[C@@]1(CCC(=O)O)Oc2ccccc2[C@@H]2OC[C@]3(CCCN3C(=O)c3ccc4ncccc4c3)C[C@H]21. The van der Waals surface area contributed by atoms with E-state index in [2.05, 4.69) is 4.98 Å². The number of hydrogen-bond acceptors (Lipinski definition) is 5. The molecule has 2 fully saturated rings. The summed E-state index contributed by atoms with van der Waals surface area (Å²) < 4.78 is 13.1. The molecule has 3 aliphatic rings. The highest BCUT2D eigenvalue weighted by atomic mass is 16.5. The highest BCUT2D eigenvalue weighted by Gasteiger charge is 2.57. The van der Waals surface area contributed by atoms with Gasteiger partial charge in [-0.05, 0) is 62.9 Å². The number of pyridine rings is 1. The number of nitrogens with zero attached hydrogens (tertiary/aromatic N) is 2. The quantitative estimate of drug-likeness (QED) is 0.558. The van der Waals surface area contributed by atoms with E-state index >= 15 is 0 Å². The van der Waals surface area contributed by atoms with E-state index in [9.17, 15) is 14.7 Å². The van der Waals surface area contributed by atoms with Gasteiger partial charge in [0.1, 0.15) is 11.4 Å². The molecular formula is C29H30N2O5. The molecule has 6 rings (SSSR count). The molecule has 186 valence electrons. The van der Waals surface area contributed by atoms with Crippen LogP contribution in [0.25, 0.3) is 10.9 Å². The van der Waals surface area contributed by atoms with Crippen LogP contribution in [-0.2, 0) is 9.53 Å². The zero-order valence-corrected chi connectivity index (χ0v) is 20.4. The lowest BCUT2D eigenvalue weighted by Crippen LogP contribution is -2.60. The fourth-order valence-corrected chi connectivity index (χ4v) is 6.49. The summed E-state index contributed by atoms with van der Waals surface area (Å²) in [4.78, 5) is 31.7. The normalized spacial score (nSPS) is 29.0. The molecule has 1 amide bonds. The number of likely N-dealkylation sites (tertiary alicyclic amines) is 1. The molecule has 7 nitrogen and oxygen atoms in total. The van der Waals surface area contributed by atoms with Crippen LogP contribution in [0.15, 0.2) is 60.8 Å². The molecule has 1 aromatic heterocycles. The van der Waals surface area contributed by atoms with Crippen LogP contribution in [0.4, 0.5) is 0 Å². The third kappa shape index (κ3) is 3.73. The zero-order chi connectivity index (χ0) is 24.9. The topological polar surface area (TPSA) is 89.0 Å². The second-order valence-corrected chi connectivity index (χ2v) is 10.6. The average Bonchev–Trinajstić information content (AvgIpc) is 3.29. The maximum Gasteiger partial charge on any atom is 0.303 e. The molecule has 0 bridgehead atoms. The number of aliphatic carboxylic acids is 1. The van der Waals surface area contributed by atoms with Crippen LogP contribution in [0.1, 0.15) is 61.1 Å². The summed E-state index contributed by atoms with van der Waals surface area (Å²) in [6, 6.07) is 17.4. The second-order valence-electron chi connectivity index (χ2n) is 10.6. The number of carbonyl (C=O) groups excluding carboxylic acids is 1. The van der Waals surface area contributed by atoms with Crippen LogP contribution >= 0.6 is 0 Å². The maximum atomic E-state index is 13.8. The van der Waals surface area contributed by atoms with Crippen molar-refractivity contribution in [2.24, 2.45) is 5.92 Å². The van der Waals surface area contributed by atoms with E-state index in [1.165, 1.54) is 0 Å². The first-order valence-corrected chi connectivity index (χ1v) is 12.7. The number of para-hydroxylation sites is 1. The molecule has 0 aliphatic carbocycles. The molecule has 3 aliphatic heterocycles. The zero-order valence-electron chi connectivity index (χ0n) is 20.4. The minimum absolute atomic E-state index is 0.00432. The fourth-order valence-electron chi connectivity index (χ4n) is 6.49. The standard InChI is InChI=1S/C29H30N2O5/c1-28(13-11-25(32)33)22-17-29(18-35-26(22)21-7-2-3-8-24(21)36-28)12-5-15-31(29)27(34)20-9-10-23-19(16-20)6-4-14-30-23/h2-4,6-10,14,16,22,26H,5,11-13,15,17-18H2,1H3,(H,32,33)/t22-,26+,28+,29+/m1/s1. The first kappa shape index (κ1) is 23.0. The van der Waals surface area contributed by atoms with E-state index in [-0.39, 0.29) is 24.3 Å². The molecule has 4 atom stereocenters. The number of carboxylic acids is 1. The molecule has 3 aromatic rings. The lowest BCUT2D eigenvalue weighted by Gasteiger charge is -2.54. The van der Waals surface area contributed by atoms with Crippen LogP contribution < -0.4 is 4.74 Å². The number of carbonyl (C=O) groups is 2. The van der Waals surface area contributed by atoms with E-state index in [4.69, 9.17) is 9.47 Å². The highest BCUT2D eigenvalue weighted by molar-refractivity contribution is 5.98. The van der Waals surface area contributed by atoms with Gasteiger partial charge >= 0.3 is 5.97 Å². The molecule has 0 saturated carbocycles. The Bertz CT molecular complexity index is 1340. The van der Waals surface area contributed by atoms with Crippen LogP contribution in [0.2, 0.25) is 0 Å². The fraction of sp³-hybridized carbons (Fsp3) is 0.414. The number of benzene rings is 2. The van der Waals surface area contributed by atoms with E-state index in [0.717, 1.165) is 35.1 Å². The molecule has 7 heteroatoms. The largest absolute Gasteiger partial charge is 0.487 e. The number of hydrogen-bond donors (Lipinski definition) is 1. The number of aromatic nitrogens is 1. The van der Waals surface area contributed by atoms with Gasteiger partial charge in [-0.1, -0.05) is 24.3 Å². The molecule has 2 saturated heterocycles. The predicted molar refractivity (Wildman–Crippen MR) is 134 cm³/mol. The Morgan fingerprint density at radius 2 is 2.03 bits per heavy atom. The van der Waals surface area contributed by atoms with Crippen molar-refractivity contribution >= 4 is 22.8 Å². The Morgan fingerprint density at radius 3 is 2.89 bits per heavy atom. The molecule has 1 N–H and O–H groups in total.